The lowest BCUT2D eigenvalue weighted by Gasteiger charge is -2.19. The Hall–Kier alpha value is -3.84. The molecule has 0 aliphatic heterocycles. The van der Waals surface area contributed by atoms with Crippen LogP contribution >= 0.6 is 0 Å². The maximum absolute atomic E-state index is 2.20. The Labute approximate surface area is 179 Å². The molecule has 0 fully saturated rings. The van der Waals surface area contributed by atoms with Crippen LogP contribution in [0.5, 0.6) is 0 Å². The van der Waals surface area contributed by atoms with Gasteiger partial charge in [-0.05, 0) is 46.5 Å². The van der Waals surface area contributed by atoms with Gasteiger partial charge in [0.25, 0.3) is 0 Å². The monoisotopic (exact) mass is 387 g/mol. The minimum atomic E-state index is 1.17. The average molecular weight is 388 g/mol. The van der Waals surface area contributed by atoms with Crippen LogP contribution in [-0.4, -0.2) is 7.05 Å². The Morgan fingerprint density at radius 3 is 1.03 bits per heavy atom. The van der Waals surface area contributed by atoms with Crippen LogP contribution in [0, 0.1) is 0 Å². The molecule has 0 heterocycles. The molecule has 30 heavy (non-hydrogen) atoms. The van der Waals surface area contributed by atoms with Gasteiger partial charge in [0.05, 0.1) is 0 Å². The number of anilines is 2. The number of benzene rings is 4. The van der Waals surface area contributed by atoms with Crippen molar-refractivity contribution in [2.75, 3.05) is 11.9 Å². The van der Waals surface area contributed by atoms with Crippen LogP contribution < -0.4 is 4.90 Å². The molecule has 4 rings (SSSR count). The van der Waals surface area contributed by atoms with Crippen molar-refractivity contribution >= 4 is 35.7 Å². The van der Waals surface area contributed by atoms with Crippen LogP contribution in [0.15, 0.2) is 109 Å². The molecule has 0 spiro atoms. The fourth-order valence-corrected chi connectivity index (χ4v) is 3.28. The van der Waals surface area contributed by atoms with E-state index in [1.54, 1.807) is 0 Å². The maximum Gasteiger partial charge on any atom is 0.0408 e. The Morgan fingerprint density at radius 1 is 0.400 bits per heavy atom. The van der Waals surface area contributed by atoms with E-state index in [-0.39, 0.29) is 0 Å². The number of hydrogen-bond donors (Lipinski definition) is 0. The zero-order chi connectivity index (χ0) is 20.6. The van der Waals surface area contributed by atoms with E-state index in [2.05, 4.69) is 133 Å². The van der Waals surface area contributed by atoms with Crippen LogP contribution in [0.1, 0.15) is 22.3 Å². The van der Waals surface area contributed by atoms with Crippen molar-refractivity contribution < 1.29 is 0 Å². The summed E-state index contributed by atoms with van der Waals surface area (Å²) in [5.74, 6) is 0. The predicted molar refractivity (Wildman–Crippen MR) is 132 cm³/mol. The van der Waals surface area contributed by atoms with E-state index in [0.717, 1.165) is 0 Å². The smallest absolute Gasteiger partial charge is 0.0408 e. The summed E-state index contributed by atoms with van der Waals surface area (Å²) in [6.07, 6.45) is 8.57. The molecule has 1 nitrogen and oxygen atoms in total. The molecule has 4 aromatic rings. The van der Waals surface area contributed by atoms with Crippen molar-refractivity contribution in [1.82, 2.24) is 0 Å². The lowest BCUT2D eigenvalue weighted by Crippen LogP contribution is -2.08. The largest absolute Gasteiger partial charge is 0.345 e. The predicted octanol–water partition coefficient (Wildman–Crippen LogP) is 7.80. The van der Waals surface area contributed by atoms with Gasteiger partial charge >= 0.3 is 0 Å². The highest BCUT2D eigenvalue weighted by atomic mass is 15.1. The average Bonchev–Trinajstić information content (AvgIpc) is 2.83. The first kappa shape index (κ1) is 19.5. The second-order valence-corrected chi connectivity index (χ2v) is 7.23. The Bertz CT molecular complexity index is 1010. The fourth-order valence-electron chi connectivity index (χ4n) is 3.28. The summed E-state index contributed by atoms with van der Waals surface area (Å²) < 4.78 is 0. The first-order chi connectivity index (χ1) is 14.8. The van der Waals surface area contributed by atoms with Crippen molar-refractivity contribution in [3.63, 3.8) is 0 Å². The molecule has 0 aliphatic carbocycles. The summed E-state index contributed by atoms with van der Waals surface area (Å²) in [6, 6.07) is 38.0. The molecule has 0 bridgehead atoms. The summed E-state index contributed by atoms with van der Waals surface area (Å²) in [5.41, 5.74) is 7.13. The minimum Gasteiger partial charge on any atom is -0.345 e. The van der Waals surface area contributed by atoms with Crippen molar-refractivity contribution in [3.8, 4) is 0 Å². The Morgan fingerprint density at radius 2 is 0.700 bits per heavy atom. The zero-order valence-electron chi connectivity index (χ0n) is 17.1. The molecule has 0 N–H and O–H groups in total. The molecule has 0 atom stereocenters. The van der Waals surface area contributed by atoms with Gasteiger partial charge in [-0.25, -0.2) is 0 Å². The van der Waals surface area contributed by atoms with Gasteiger partial charge in [-0.2, -0.15) is 0 Å². The van der Waals surface area contributed by atoms with Crippen molar-refractivity contribution in [1.29, 1.82) is 0 Å². The summed E-state index contributed by atoms with van der Waals surface area (Å²) in [7, 11) is 2.10. The normalized spacial score (nSPS) is 11.2. The SMILES string of the molecule is CN(c1ccc(/C=C/c2ccccc2)cc1)c1ccc(/C=C/c2ccccc2)cc1. The van der Waals surface area contributed by atoms with E-state index in [0.29, 0.717) is 0 Å². The van der Waals surface area contributed by atoms with Crippen molar-refractivity contribution in [2.24, 2.45) is 0 Å². The van der Waals surface area contributed by atoms with Gasteiger partial charge in [0.15, 0.2) is 0 Å². The van der Waals surface area contributed by atoms with E-state index < -0.39 is 0 Å². The Kier molecular flexibility index (Phi) is 6.22. The van der Waals surface area contributed by atoms with Gasteiger partial charge in [-0.15, -0.1) is 0 Å². The second kappa shape index (κ2) is 9.58. The van der Waals surface area contributed by atoms with Crippen LogP contribution in [0.4, 0.5) is 11.4 Å². The van der Waals surface area contributed by atoms with Gasteiger partial charge in [0.2, 0.25) is 0 Å². The summed E-state index contributed by atoms with van der Waals surface area (Å²) >= 11 is 0. The third-order valence-electron chi connectivity index (χ3n) is 5.10. The van der Waals surface area contributed by atoms with Crippen LogP contribution in [0.2, 0.25) is 0 Å². The number of nitrogens with zero attached hydrogens (tertiary/aromatic N) is 1. The van der Waals surface area contributed by atoms with E-state index in [1.165, 1.54) is 33.6 Å². The summed E-state index contributed by atoms with van der Waals surface area (Å²) in [6.45, 7) is 0. The maximum atomic E-state index is 2.20. The Balaban J connectivity index is 1.42. The minimum absolute atomic E-state index is 1.17. The first-order valence-corrected chi connectivity index (χ1v) is 10.2. The molecular formula is C29H25N. The second-order valence-electron chi connectivity index (χ2n) is 7.23. The highest BCUT2D eigenvalue weighted by Crippen LogP contribution is 2.25. The quantitative estimate of drug-likeness (QED) is 0.305. The van der Waals surface area contributed by atoms with Crippen LogP contribution in [0.25, 0.3) is 24.3 Å². The van der Waals surface area contributed by atoms with Crippen LogP contribution in [0.3, 0.4) is 0 Å². The fraction of sp³-hybridized carbons (Fsp3) is 0.0345. The van der Waals surface area contributed by atoms with Gasteiger partial charge in [0.1, 0.15) is 0 Å². The van der Waals surface area contributed by atoms with E-state index >= 15 is 0 Å². The molecular weight excluding hydrogens is 362 g/mol. The lowest BCUT2D eigenvalue weighted by atomic mass is 10.1. The first-order valence-electron chi connectivity index (χ1n) is 10.2. The summed E-state index contributed by atoms with van der Waals surface area (Å²) in [5, 5.41) is 0. The van der Waals surface area contributed by atoms with E-state index in [1.807, 2.05) is 12.1 Å². The number of rotatable bonds is 6. The molecule has 0 aromatic heterocycles. The molecule has 0 unspecified atom stereocenters. The highest BCUT2D eigenvalue weighted by molar-refractivity contribution is 5.73. The molecule has 0 saturated heterocycles. The van der Waals surface area contributed by atoms with E-state index in [9.17, 15) is 0 Å². The zero-order valence-corrected chi connectivity index (χ0v) is 17.1. The molecule has 0 aliphatic rings. The van der Waals surface area contributed by atoms with Gasteiger partial charge in [0, 0.05) is 18.4 Å². The van der Waals surface area contributed by atoms with Gasteiger partial charge < -0.3 is 4.90 Å². The van der Waals surface area contributed by atoms with Crippen molar-refractivity contribution in [3.05, 3.63) is 131 Å². The molecule has 0 amide bonds. The van der Waals surface area contributed by atoms with E-state index in [4.69, 9.17) is 0 Å². The third kappa shape index (κ3) is 5.15. The molecule has 1 heteroatoms. The molecule has 0 radical (unpaired) electrons. The number of hydrogen-bond acceptors (Lipinski definition) is 1. The van der Waals surface area contributed by atoms with Gasteiger partial charge in [-0.3, -0.25) is 0 Å². The van der Waals surface area contributed by atoms with Crippen LogP contribution in [-0.2, 0) is 0 Å². The molecule has 4 aromatic carbocycles. The van der Waals surface area contributed by atoms with Crippen molar-refractivity contribution in [2.45, 2.75) is 0 Å². The molecule has 146 valence electrons. The third-order valence-corrected chi connectivity index (χ3v) is 5.10. The lowest BCUT2D eigenvalue weighted by molar-refractivity contribution is 1.21. The van der Waals surface area contributed by atoms with Gasteiger partial charge in [-0.1, -0.05) is 109 Å². The summed E-state index contributed by atoms with van der Waals surface area (Å²) in [4.78, 5) is 2.20. The topological polar surface area (TPSA) is 3.24 Å². The molecule has 0 saturated carbocycles. The standard InChI is InChI=1S/C29H25N/c1-30(28-20-16-26(17-21-28)14-12-24-8-4-2-5-9-24)29-22-18-27(19-23-29)15-13-25-10-6-3-7-11-25/h2-23H,1H3/b14-12+,15-13+. The highest BCUT2D eigenvalue weighted by Gasteiger charge is 2.03.